The molecule has 7 heteroatoms. The first-order valence-corrected chi connectivity index (χ1v) is 9.79. The Kier molecular flexibility index (Phi) is 4.09. The Morgan fingerprint density at radius 3 is 2.61 bits per heavy atom. The van der Waals surface area contributed by atoms with Gasteiger partial charge in [0.05, 0.1) is 17.8 Å². The van der Waals surface area contributed by atoms with Crippen LogP contribution in [0.15, 0.2) is 70.1 Å². The first-order chi connectivity index (χ1) is 13.7. The van der Waals surface area contributed by atoms with Gasteiger partial charge in [-0.25, -0.2) is 9.50 Å². The summed E-state index contributed by atoms with van der Waals surface area (Å²) < 4.78 is 2.91. The number of pyridine rings is 1. The van der Waals surface area contributed by atoms with Crippen LogP contribution in [0.2, 0.25) is 0 Å². The summed E-state index contributed by atoms with van der Waals surface area (Å²) in [5, 5.41) is 8.15. The van der Waals surface area contributed by atoms with E-state index in [-0.39, 0.29) is 0 Å². The molecule has 0 bridgehead atoms. The molecule has 0 radical (unpaired) electrons. The van der Waals surface area contributed by atoms with Gasteiger partial charge in [0.1, 0.15) is 5.84 Å². The topological polar surface area (TPSA) is 80.6 Å². The Bertz CT molecular complexity index is 1210. The Labute approximate surface area is 170 Å². The van der Waals surface area contributed by atoms with E-state index in [0.717, 1.165) is 51.4 Å². The minimum absolute atomic E-state index is 0.655. The summed E-state index contributed by atoms with van der Waals surface area (Å²) in [6.45, 7) is 1.61. The number of halogens is 1. The minimum atomic E-state index is 0.655. The highest BCUT2D eigenvalue weighted by Crippen LogP contribution is 2.27. The highest BCUT2D eigenvalue weighted by atomic mass is 79.9. The summed E-state index contributed by atoms with van der Waals surface area (Å²) in [6.07, 6.45) is 0. The van der Waals surface area contributed by atoms with Crippen LogP contribution in [0.3, 0.4) is 0 Å². The third-order valence-corrected chi connectivity index (χ3v) is 5.20. The van der Waals surface area contributed by atoms with Crippen molar-refractivity contribution in [3.8, 4) is 22.6 Å². The lowest BCUT2D eigenvalue weighted by Crippen LogP contribution is -2.20. The fourth-order valence-corrected chi connectivity index (χ4v) is 3.74. The van der Waals surface area contributed by atoms with Gasteiger partial charge in [0.2, 0.25) is 0 Å². The Balaban J connectivity index is 1.75. The molecule has 4 aromatic rings. The van der Waals surface area contributed by atoms with Gasteiger partial charge in [-0.3, -0.25) is 4.99 Å². The molecular weight excluding hydrogens is 416 g/mol. The van der Waals surface area contributed by atoms with Crippen molar-refractivity contribution in [2.75, 3.05) is 18.8 Å². The van der Waals surface area contributed by atoms with Crippen LogP contribution in [0.4, 0.5) is 5.69 Å². The summed E-state index contributed by atoms with van der Waals surface area (Å²) in [4.78, 5) is 9.41. The van der Waals surface area contributed by atoms with Gasteiger partial charge in [-0.15, -0.1) is 5.10 Å². The second-order valence-electron chi connectivity index (χ2n) is 6.59. The smallest absolute Gasteiger partial charge is 0.182 e. The van der Waals surface area contributed by atoms with Crippen LogP contribution in [0.5, 0.6) is 0 Å². The Morgan fingerprint density at radius 2 is 1.86 bits per heavy atom. The van der Waals surface area contributed by atoms with Crippen LogP contribution in [-0.2, 0) is 0 Å². The number of aromatic nitrogens is 3. The number of anilines is 1. The predicted molar refractivity (Wildman–Crippen MR) is 115 cm³/mol. The largest absolute Gasteiger partial charge is 0.399 e. The summed E-state index contributed by atoms with van der Waals surface area (Å²) >= 11 is 3.55. The lowest BCUT2D eigenvalue weighted by Gasteiger charge is -2.09. The van der Waals surface area contributed by atoms with Crippen molar-refractivity contribution in [3.63, 3.8) is 0 Å². The van der Waals surface area contributed by atoms with Gasteiger partial charge in [0, 0.05) is 27.8 Å². The molecule has 1 aliphatic rings. The standard InChI is InChI=1S/C21H17BrN6/c22-15-3-1-2-14(12-15)18-9-8-17(20-24-10-11-25-20)21-26-19(27-28(18)21)13-4-6-16(23)7-5-13/h1-9,12H,10-11,23H2,(H,24,25). The normalized spacial score (nSPS) is 13.5. The van der Waals surface area contributed by atoms with Crippen LogP contribution < -0.4 is 11.1 Å². The van der Waals surface area contributed by atoms with E-state index in [1.807, 2.05) is 40.9 Å². The maximum absolute atomic E-state index is 5.83. The number of nitrogens with zero attached hydrogens (tertiary/aromatic N) is 4. The van der Waals surface area contributed by atoms with E-state index < -0.39 is 0 Å². The lowest BCUT2D eigenvalue weighted by molar-refractivity contribution is 0.956. The van der Waals surface area contributed by atoms with Gasteiger partial charge in [-0.05, 0) is 48.5 Å². The van der Waals surface area contributed by atoms with Gasteiger partial charge in [0.25, 0.3) is 0 Å². The fourth-order valence-electron chi connectivity index (χ4n) is 3.35. The highest BCUT2D eigenvalue weighted by molar-refractivity contribution is 9.10. The molecule has 3 N–H and O–H groups in total. The summed E-state index contributed by atoms with van der Waals surface area (Å²) in [7, 11) is 0. The average molecular weight is 433 g/mol. The average Bonchev–Trinajstić information content (AvgIpc) is 3.38. The number of benzene rings is 2. The van der Waals surface area contributed by atoms with Crippen molar-refractivity contribution in [3.05, 3.63) is 70.7 Å². The molecule has 0 aliphatic carbocycles. The Morgan fingerprint density at radius 1 is 1.00 bits per heavy atom. The van der Waals surface area contributed by atoms with Crippen molar-refractivity contribution in [2.24, 2.45) is 4.99 Å². The summed E-state index contributed by atoms with van der Waals surface area (Å²) in [5.41, 5.74) is 11.2. The van der Waals surface area contributed by atoms with E-state index >= 15 is 0 Å². The Hall–Kier alpha value is -3.19. The van der Waals surface area contributed by atoms with Crippen LogP contribution in [0.25, 0.3) is 28.3 Å². The lowest BCUT2D eigenvalue weighted by atomic mass is 10.1. The number of rotatable bonds is 3. The van der Waals surface area contributed by atoms with Gasteiger partial charge in [-0.2, -0.15) is 0 Å². The minimum Gasteiger partial charge on any atom is -0.399 e. The van der Waals surface area contributed by atoms with Crippen molar-refractivity contribution in [1.82, 2.24) is 19.9 Å². The molecule has 1 aliphatic heterocycles. The van der Waals surface area contributed by atoms with Crippen molar-refractivity contribution >= 4 is 33.1 Å². The summed E-state index contributed by atoms with van der Waals surface area (Å²) in [5.74, 6) is 1.52. The summed E-state index contributed by atoms with van der Waals surface area (Å²) in [6, 6.07) is 19.9. The molecule has 0 atom stereocenters. The van der Waals surface area contributed by atoms with E-state index in [1.165, 1.54) is 0 Å². The number of fused-ring (bicyclic) bond motifs is 1. The molecule has 0 saturated carbocycles. The quantitative estimate of drug-likeness (QED) is 0.483. The van der Waals surface area contributed by atoms with Crippen LogP contribution in [-0.4, -0.2) is 33.5 Å². The molecule has 6 nitrogen and oxygen atoms in total. The fraction of sp³-hybridized carbons (Fsp3) is 0.0952. The zero-order chi connectivity index (χ0) is 19.1. The van der Waals surface area contributed by atoms with E-state index in [2.05, 4.69) is 50.5 Å². The van der Waals surface area contributed by atoms with E-state index in [4.69, 9.17) is 15.8 Å². The van der Waals surface area contributed by atoms with E-state index in [0.29, 0.717) is 11.5 Å². The van der Waals surface area contributed by atoms with Crippen molar-refractivity contribution in [1.29, 1.82) is 0 Å². The number of amidine groups is 1. The second kappa shape index (κ2) is 6.76. The number of aliphatic imine (C=N–C) groups is 1. The molecule has 0 spiro atoms. The molecule has 5 rings (SSSR count). The second-order valence-corrected chi connectivity index (χ2v) is 7.51. The highest BCUT2D eigenvalue weighted by Gasteiger charge is 2.19. The monoisotopic (exact) mass is 432 g/mol. The zero-order valence-electron chi connectivity index (χ0n) is 14.9. The molecule has 2 aromatic heterocycles. The van der Waals surface area contributed by atoms with Gasteiger partial charge in [-0.1, -0.05) is 28.1 Å². The number of nitrogens with two attached hydrogens (primary N) is 1. The molecule has 28 heavy (non-hydrogen) atoms. The molecule has 0 saturated heterocycles. The third-order valence-electron chi connectivity index (χ3n) is 4.70. The molecule has 3 heterocycles. The van der Waals surface area contributed by atoms with Crippen LogP contribution >= 0.6 is 15.9 Å². The number of nitrogen functional groups attached to an aromatic ring is 1. The number of hydrogen-bond acceptors (Lipinski definition) is 5. The molecule has 0 amide bonds. The maximum Gasteiger partial charge on any atom is 0.182 e. The molecule has 138 valence electrons. The molecule has 2 aromatic carbocycles. The van der Waals surface area contributed by atoms with Gasteiger partial charge in [0.15, 0.2) is 11.5 Å². The SMILES string of the molecule is Nc1ccc(-c2nc3c(C4=NCCN4)ccc(-c4cccc(Br)c4)n3n2)cc1. The van der Waals surface area contributed by atoms with Crippen LogP contribution in [0, 0.1) is 0 Å². The maximum atomic E-state index is 5.83. The first-order valence-electron chi connectivity index (χ1n) is 8.99. The molecule has 0 unspecified atom stereocenters. The van der Waals surface area contributed by atoms with Crippen molar-refractivity contribution in [2.45, 2.75) is 0 Å². The molecule has 0 fully saturated rings. The van der Waals surface area contributed by atoms with Gasteiger partial charge >= 0.3 is 0 Å². The van der Waals surface area contributed by atoms with E-state index in [1.54, 1.807) is 0 Å². The third kappa shape index (κ3) is 2.93. The van der Waals surface area contributed by atoms with Crippen molar-refractivity contribution < 1.29 is 0 Å². The van der Waals surface area contributed by atoms with E-state index in [9.17, 15) is 0 Å². The number of hydrogen-bond donors (Lipinski definition) is 2. The number of nitrogens with one attached hydrogen (secondary N) is 1. The molecular formula is C21H17BrN6. The van der Waals surface area contributed by atoms with Crippen LogP contribution in [0.1, 0.15) is 5.56 Å². The predicted octanol–water partition coefficient (Wildman–Crippen LogP) is 3.76. The van der Waals surface area contributed by atoms with Gasteiger partial charge < -0.3 is 11.1 Å². The zero-order valence-corrected chi connectivity index (χ0v) is 16.5. The first kappa shape index (κ1) is 16.9.